The summed E-state index contributed by atoms with van der Waals surface area (Å²) in [5, 5.41) is 6.47. The molecule has 1 aromatic carbocycles. The van der Waals surface area contributed by atoms with Gasteiger partial charge in [0.1, 0.15) is 23.0 Å². The molecule has 0 fully saturated rings. The van der Waals surface area contributed by atoms with Crippen LogP contribution in [-0.4, -0.2) is 25.5 Å². The van der Waals surface area contributed by atoms with Crippen LogP contribution in [0.15, 0.2) is 60.8 Å². The molecule has 0 radical (unpaired) electrons. The summed E-state index contributed by atoms with van der Waals surface area (Å²) in [6, 6.07) is 11.8. The van der Waals surface area contributed by atoms with Gasteiger partial charge in [0.25, 0.3) is 5.91 Å². The summed E-state index contributed by atoms with van der Waals surface area (Å²) >= 11 is 0. The monoisotopic (exact) mass is 401 g/mol. The molecule has 1 N–H and O–H groups in total. The summed E-state index contributed by atoms with van der Waals surface area (Å²) in [6.07, 6.45) is -3.15. The predicted octanol–water partition coefficient (Wildman–Crippen LogP) is 4.20. The number of carbonyl (C=O) groups excluding carboxylic acids is 1. The number of imidazole rings is 1. The van der Waals surface area contributed by atoms with Crippen LogP contribution in [0.4, 0.5) is 23.4 Å². The molecule has 4 aromatic rings. The van der Waals surface area contributed by atoms with Crippen LogP contribution in [0.2, 0.25) is 0 Å². The Morgan fingerprint density at radius 3 is 2.59 bits per heavy atom. The number of aromatic nitrogens is 4. The van der Waals surface area contributed by atoms with Crippen LogP contribution in [0.25, 0.3) is 16.9 Å². The number of anilines is 1. The third kappa shape index (κ3) is 3.77. The van der Waals surface area contributed by atoms with Crippen LogP contribution in [0.5, 0.6) is 0 Å². The summed E-state index contributed by atoms with van der Waals surface area (Å²) in [5.41, 5.74) is 0.167. The van der Waals surface area contributed by atoms with E-state index in [1.165, 1.54) is 47.1 Å². The number of fused-ring (bicyclic) bond motifs is 1. The van der Waals surface area contributed by atoms with Crippen molar-refractivity contribution < 1.29 is 22.4 Å². The van der Waals surface area contributed by atoms with Crippen molar-refractivity contribution in [1.29, 1.82) is 0 Å². The van der Waals surface area contributed by atoms with E-state index >= 15 is 0 Å². The van der Waals surface area contributed by atoms with Gasteiger partial charge in [-0.2, -0.15) is 18.3 Å². The van der Waals surface area contributed by atoms with Gasteiger partial charge in [-0.3, -0.25) is 4.79 Å². The van der Waals surface area contributed by atoms with Gasteiger partial charge < -0.3 is 5.32 Å². The predicted molar refractivity (Wildman–Crippen MR) is 95.6 cm³/mol. The molecular weight excluding hydrogens is 390 g/mol. The fourth-order valence-electron chi connectivity index (χ4n) is 2.68. The first-order valence-electron chi connectivity index (χ1n) is 8.27. The highest BCUT2D eigenvalue weighted by molar-refractivity contribution is 6.02. The molecule has 3 aromatic heterocycles. The molecule has 0 saturated carbocycles. The first-order valence-corrected chi connectivity index (χ1v) is 8.27. The molecule has 4 rings (SSSR count). The number of pyridine rings is 1. The fourth-order valence-corrected chi connectivity index (χ4v) is 2.68. The number of halogens is 4. The standard InChI is InChI=1S/C19H11F4N5O/c20-12-4-1-3-11(9-12)14-10-24-17-8-7-13(27-28(14)17)18(29)26-16-6-2-5-15(25-16)19(21,22)23/h1-10H,(H,25,26,29). The van der Waals surface area contributed by atoms with Crippen molar-refractivity contribution in [2.45, 2.75) is 6.18 Å². The number of nitrogens with zero attached hydrogens (tertiary/aromatic N) is 4. The molecule has 0 aliphatic heterocycles. The molecule has 0 spiro atoms. The highest BCUT2D eigenvalue weighted by Crippen LogP contribution is 2.28. The van der Waals surface area contributed by atoms with Gasteiger partial charge in [-0.15, -0.1) is 0 Å². The van der Waals surface area contributed by atoms with Crippen molar-refractivity contribution in [2.24, 2.45) is 0 Å². The Kier molecular flexibility index (Phi) is 4.45. The quantitative estimate of drug-likeness (QED) is 0.523. The molecule has 10 heteroatoms. The lowest BCUT2D eigenvalue weighted by Gasteiger charge is -2.09. The molecule has 0 aliphatic carbocycles. The fraction of sp³-hybridized carbons (Fsp3) is 0.0526. The van der Waals surface area contributed by atoms with Gasteiger partial charge in [0, 0.05) is 5.56 Å². The molecule has 6 nitrogen and oxygen atoms in total. The number of hydrogen-bond acceptors (Lipinski definition) is 4. The third-order valence-corrected chi connectivity index (χ3v) is 4.00. The van der Waals surface area contributed by atoms with Gasteiger partial charge >= 0.3 is 6.18 Å². The minimum absolute atomic E-state index is 0.0765. The molecule has 0 saturated heterocycles. The normalized spacial score (nSPS) is 11.6. The van der Waals surface area contributed by atoms with Crippen LogP contribution in [0.1, 0.15) is 16.2 Å². The Morgan fingerprint density at radius 2 is 1.83 bits per heavy atom. The summed E-state index contributed by atoms with van der Waals surface area (Å²) in [4.78, 5) is 20.0. The maximum absolute atomic E-state index is 13.5. The molecule has 1 amide bonds. The van der Waals surface area contributed by atoms with Crippen molar-refractivity contribution in [3.05, 3.63) is 78.0 Å². The van der Waals surface area contributed by atoms with Crippen LogP contribution >= 0.6 is 0 Å². The summed E-state index contributed by atoms with van der Waals surface area (Å²) in [5.74, 6) is -1.46. The van der Waals surface area contributed by atoms with E-state index in [1.807, 2.05) is 0 Å². The molecular formula is C19H11F4N5O. The summed E-state index contributed by atoms with van der Waals surface area (Å²) in [7, 11) is 0. The van der Waals surface area contributed by atoms with E-state index in [4.69, 9.17) is 0 Å². The maximum atomic E-state index is 13.5. The molecule has 0 aliphatic rings. The molecule has 146 valence electrons. The lowest BCUT2D eigenvalue weighted by molar-refractivity contribution is -0.141. The van der Waals surface area contributed by atoms with Crippen molar-refractivity contribution in [1.82, 2.24) is 19.6 Å². The van der Waals surface area contributed by atoms with Crippen LogP contribution in [0, 0.1) is 5.82 Å². The van der Waals surface area contributed by atoms with Crippen molar-refractivity contribution in [3.63, 3.8) is 0 Å². The zero-order valence-electron chi connectivity index (χ0n) is 14.5. The van der Waals surface area contributed by atoms with Gasteiger partial charge in [-0.25, -0.2) is 18.9 Å². The first-order chi connectivity index (χ1) is 13.8. The van der Waals surface area contributed by atoms with E-state index < -0.39 is 23.6 Å². The number of nitrogens with one attached hydrogen (secondary N) is 1. The Morgan fingerprint density at radius 1 is 1.03 bits per heavy atom. The van der Waals surface area contributed by atoms with Crippen LogP contribution < -0.4 is 5.32 Å². The number of alkyl halides is 3. The largest absolute Gasteiger partial charge is 0.433 e. The number of amides is 1. The number of benzene rings is 1. The van der Waals surface area contributed by atoms with E-state index in [9.17, 15) is 22.4 Å². The molecule has 0 atom stereocenters. The maximum Gasteiger partial charge on any atom is 0.433 e. The first kappa shape index (κ1) is 18.5. The van der Waals surface area contributed by atoms with Gasteiger partial charge in [-0.05, 0) is 36.4 Å². The SMILES string of the molecule is O=C(Nc1cccc(C(F)(F)F)n1)c1ccc2ncc(-c3cccc(F)c3)n2n1. The van der Waals surface area contributed by atoms with E-state index in [-0.39, 0.29) is 11.5 Å². The van der Waals surface area contributed by atoms with Crippen molar-refractivity contribution in [3.8, 4) is 11.3 Å². The van der Waals surface area contributed by atoms with Gasteiger partial charge in [0.15, 0.2) is 5.65 Å². The van der Waals surface area contributed by atoms with Gasteiger partial charge in [-0.1, -0.05) is 18.2 Å². The van der Waals surface area contributed by atoms with Gasteiger partial charge in [0.05, 0.1) is 11.9 Å². The molecule has 0 bridgehead atoms. The highest BCUT2D eigenvalue weighted by atomic mass is 19.4. The zero-order chi connectivity index (χ0) is 20.6. The second-order valence-electron chi connectivity index (χ2n) is 6.00. The van der Waals surface area contributed by atoms with Crippen LogP contribution in [-0.2, 0) is 6.18 Å². The minimum atomic E-state index is -4.63. The van der Waals surface area contributed by atoms with Gasteiger partial charge in [0.2, 0.25) is 0 Å². The Bertz CT molecular complexity index is 1220. The molecule has 29 heavy (non-hydrogen) atoms. The van der Waals surface area contributed by atoms with Crippen molar-refractivity contribution >= 4 is 17.4 Å². The van der Waals surface area contributed by atoms with E-state index in [0.29, 0.717) is 16.9 Å². The average molecular weight is 401 g/mol. The summed E-state index contributed by atoms with van der Waals surface area (Å²) < 4.78 is 53.2. The lowest BCUT2D eigenvalue weighted by Crippen LogP contribution is -2.17. The number of rotatable bonds is 3. The summed E-state index contributed by atoms with van der Waals surface area (Å²) in [6.45, 7) is 0. The van der Waals surface area contributed by atoms with E-state index in [0.717, 1.165) is 12.1 Å². The minimum Gasteiger partial charge on any atom is -0.305 e. The van der Waals surface area contributed by atoms with Crippen molar-refractivity contribution in [2.75, 3.05) is 5.32 Å². The second-order valence-corrected chi connectivity index (χ2v) is 6.00. The lowest BCUT2D eigenvalue weighted by atomic mass is 10.2. The Labute approximate surface area is 160 Å². The molecule has 0 unspecified atom stereocenters. The number of carbonyl (C=O) groups is 1. The zero-order valence-corrected chi connectivity index (χ0v) is 14.5. The highest BCUT2D eigenvalue weighted by Gasteiger charge is 2.32. The Balaban J connectivity index is 1.66. The number of hydrogen-bond donors (Lipinski definition) is 1. The second kappa shape index (κ2) is 6.97. The van der Waals surface area contributed by atoms with E-state index in [1.54, 1.807) is 6.07 Å². The average Bonchev–Trinajstić information content (AvgIpc) is 3.11. The smallest absolute Gasteiger partial charge is 0.305 e. The molecule has 3 heterocycles. The van der Waals surface area contributed by atoms with E-state index in [2.05, 4.69) is 20.4 Å². The van der Waals surface area contributed by atoms with Crippen LogP contribution in [0.3, 0.4) is 0 Å². The topological polar surface area (TPSA) is 72.2 Å². The third-order valence-electron chi connectivity index (χ3n) is 4.00. The Hall–Kier alpha value is -3.82.